The lowest BCUT2D eigenvalue weighted by Crippen LogP contribution is -2.36. The van der Waals surface area contributed by atoms with Crippen LogP contribution < -0.4 is 15.8 Å². The van der Waals surface area contributed by atoms with Crippen molar-refractivity contribution in [2.45, 2.75) is 26.5 Å². The van der Waals surface area contributed by atoms with Crippen LogP contribution in [-0.2, 0) is 11.3 Å². The Labute approximate surface area is 116 Å². The SMILES string of the molecule is Cc1ccc(OC(C)C(=O)NCc2ccco2)c(N)n1. The molecule has 0 radical (unpaired) electrons. The monoisotopic (exact) mass is 275 g/mol. The van der Waals surface area contributed by atoms with E-state index < -0.39 is 6.10 Å². The van der Waals surface area contributed by atoms with Gasteiger partial charge in [-0.3, -0.25) is 4.79 Å². The van der Waals surface area contributed by atoms with Crippen molar-refractivity contribution in [1.29, 1.82) is 0 Å². The molecule has 6 heteroatoms. The first kappa shape index (κ1) is 13.9. The van der Waals surface area contributed by atoms with E-state index in [1.807, 2.05) is 6.92 Å². The van der Waals surface area contributed by atoms with Gasteiger partial charge < -0.3 is 20.2 Å². The van der Waals surface area contributed by atoms with Gasteiger partial charge in [0.1, 0.15) is 5.76 Å². The number of hydrogen-bond donors (Lipinski definition) is 2. The minimum Gasteiger partial charge on any atom is -0.477 e. The molecule has 0 saturated heterocycles. The summed E-state index contributed by atoms with van der Waals surface area (Å²) in [5.74, 6) is 1.11. The van der Waals surface area contributed by atoms with Crippen LogP contribution in [-0.4, -0.2) is 17.0 Å². The number of nitrogens with zero attached hydrogens (tertiary/aromatic N) is 1. The Bertz CT molecular complexity index is 581. The lowest BCUT2D eigenvalue weighted by atomic mass is 10.3. The lowest BCUT2D eigenvalue weighted by molar-refractivity contribution is -0.127. The molecule has 2 aromatic rings. The smallest absolute Gasteiger partial charge is 0.261 e. The van der Waals surface area contributed by atoms with E-state index in [0.717, 1.165) is 5.69 Å². The Morgan fingerprint density at radius 1 is 1.50 bits per heavy atom. The summed E-state index contributed by atoms with van der Waals surface area (Å²) in [6, 6.07) is 7.03. The molecule has 0 aromatic carbocycles. The van der Waals surface area contributed by atoms with E-state index in [1.165, 1.54) is 0 Å². The van der Waals surface area contributed by atoms with Crippen molar-refractivity contribution < 1.29 is 13.9 Å². The average Bonchev–Trinajstić information content (AvgIpc) is 2.92. The van der Waals surface area contributed by atoms with Gasteiger partial charge in [0, 0.05) is 5.69 Å². The van der Waals surface area contributed by atoms with Crippen molar-refractivity contribution >= 4 is 11.7 Å². The maximum Gasteiger partial charge on any atom is 0.261 e. The van der Waals surface area contributed by atoms with E-state index in [2.05, 4.69) is 10.3 Å². The van der Waals surface area contributed by atoms with E-state index in [9.17, 15) is 4.79 Å². The Balaban J connectivity index is 1.90. The molecule has 2 aromatic heterocycles. The van der Waals surface area contributed by atoms with Gasteiger partial charge in [-0.05, 0) is 38.1 Å². The molecule has 1 atom stereocenters. The van der Waals surface area contributed by atoms with Crippen LogP contribution in [0.15, 0.2) is 34.9 Å². The number of furan rings is 1. The molecule has 0 aliphatic heterocycles. The number of nitrogen functional groups attached to an aromatic ring is 1. The van der Waals surface area contributed by atoms with E-state index in [1.54, 1.807) is 37.5 Å². The maximum absolute atomic E-state index is 11.9. The van der Waals surface area contributed by atoms with Crippen LogP contribution in [0.3, 0.4) is 0 Å². The standard InChI is InChI=1S/C14H17N3O3/c1-9-5-6-12(13(15)17-9)20-10(2)14(18)16-8-11-4-3-7-19-11/h3-7,10H,8H2,1-2H3,(H2,15,17)(H,16,18). The van der Waals surface area contributed by atoms with Crippen LogP contribution in [0.25, 0.3) is 0 Å². The van der Waals surface area contributed by atoms with Gasteiger partial charge in [-0.2, -0.15) is 0 Å². The summed E-state index contributed by atoms with van der Waals surface area (Å²) in [5.41, 5.74) is 6.53. The summed E-state index contributed by atoms with van der Waals surface area (Å²) in [6.07, 6.45) is 0.886. The Kier molecular flexibility index (Phi) is 4.24. The molecule has 0 bridgehead atoms. The summed E-state index contributed by atoms with van der Waals surface area (Å²) >= 11 is 0. The molecule has 2 rings (SSSR count). The predicted molar refractivity (Wildman–Crippen MR) is 74.0 cm³/mol. The second kappa shape index (κ2) is 6.10. The van der Waals surface area contributed by atoms with E-state index in [4.69, 9.17) is 14.9 Å². The number of amides is 1. The van der Waals surface area contributed by atoms with Gasteiger partial charge in [-0.25, -0.2) is 4.98 Å². The van der Waals surface area contributed by atoms with Crippen LogP contribution in [0.2, 0.25) is 0 Å². The highest BCUT2D eigenvalue weighted by molar-refractivity contribution is 5.80. The van der Waals surface area contributed by atoms with Crippen molar-refractivity contribution in [1.82, 2.24) is 10.3 Å². The van der Waals surface area contributed by atoms with Gasteiger partial charge in [0.15, 0.2) is 17.7 Å². The van der Waals surface area contributed by atoms with E-state index in [0.29, 0.717) is 18.1 Å². The van der Waals surface area contributed by atoms with Crippen LogP contribution in [0.4, 0.5) is 5.82 Å². The molecule has 0 aliphatic rings. The van der Waals surface area contributed by atoms with Crippen molar-refractivity contribution in [2.24, 2.45) is 0 Å². The lowest BCUT2D eigenvalue weighted by Gasteiger charge is -2.15. The highest BCUT2D eigenvalue weighted by Gasteiger charge is 2.16. The van der Waals surface area contributed by atoms with Gasteiger partial charge in [0.05, 0.1) is 12.8 Å². The number of hydrogen-bond acceptors (Lipinski definition) is 5. The zero-order chi connectivity index (χ0) is 14.5. The first-order chi connectivity index (χ1) is 9.56. The molecule has 20 heavy (non-hydrogen) atoms. The first-order valence-electron chi connectivity index (χ1n) is 6.26. The summed E-state index contributed by atoms with van der Waals surface area (Å²) < 4.78 is 10.6. The van der Waals surface area contributed by atoms with Crippen LogP contribution in [0, 0.1) is 6.92 Å². The number of rotatable bonds is 5. The second-order valence-electron chi connectivity index (χ2n) is 4.39. The fourth-order valence-corrected chi connectivity index (χ4v) is 1.64. The topological polar surface area (TPSA) is 90.4 Å². The number of nitrogens with one attached hydrogen (secondary N) is 1. The van der Waals surface area contributed by atoms with Crippen LogP contribution in [0.1, 0.15) is 18.4 Å². The maximum atomic E-state index is 11.9. The summed E-state index contributed by atoms with van der Waals surface area (Å²) in [6.45, 7) is 3.80. The minimum atomic E-state index is -0.670. The molecule has 1 unspecified atom stereocenters. The summed E-state index contributed by atoms with van der Waals surface area (Å²) in [4.78, 5) is 16.0. The number of aryl methyl sites for hydroxylation is 1. The third kappa shape index (κ3) is 3.50. The molecule has 0 fully saturated rings. The molecule has 3 N–H and O–H groups in total. The van der Waals surface area contributed by atoms with Gasteiger partial charge in [0.25, 0.3) is 5.91 Å². The summed E-state index contributed by atoms with van der Waals surface area (Å²) in [5, 5.41) is 2.72. The number of carbonyl (C=O) groups excluding carboxylic acids is 1. The molecule has 6 nitrogen and oxygen atoms in total. The largest absolute Gasteiger partial charge is 0.477 e. The van der Waals surface area contributed by atoms with Crippen molar-refractivity contribution in [3.8, 4) is 5.75 Å². The molecule has 1 amide bonds. The molecular weight excluding hydrogens is 258 g/mol. The van der Waals surface area contributed by atoms with E-state index >= 15 is 0 Å². The number of pyridine rings is 1. The number of aromatic nitrogens is 1. The zero-order valence-corrected chi connectivity index (χ0v) is 11.4. The highest BCUT2D eigenvalue weighted by atomic mass is 16.5. The number of nitrogens with two attached hydrogens (primary N) is 1. The quantitative estimate of drug-likeness (QED) is 0.865. The molecule has 0 saturated carbocycles. The third-order valence-corrected chi connectivity index (χ3v) is 2.72. The first-order valence-corrected chi connectivity index (χ1v) is 6.26. The van der Waals surface area contributed by atoms with Gasteiger partial charge in [0.2, 0.25) is 0 Å². The molecule has 106 valence electrons. The molecule has 0 spiro atoms. The van der Waals surface area contributed by atoms with Gasteiger partial charge >= 0.3 is 0 Å². The minimum absolute atomic E-state index is 0.249. The fraction of sp³-hybridized carbons (Fsp3) is 0.286. The molecule has 2 heterocycles. The van der Waals surface area contributed by atoms with Gasteiger partial charge in [-0.15, -0.1) is 0 Å². The van der Waals surface area contributed by atoms with E-state index in [-0.39, 0.29) is 11.7 Å². The average molecular weight is 275 g/mol. The molecule has 0 aliphatic carbocycles. The van der Waals surface area contributed by atoms with Crippen molar-refractivity contribution in [3.05, 3.63) is 42.0 Å². The Morgan fingerprint density at radius 3 is 2.95 bits per heavy atom. The highest BCUT2D eigenvalue weighted by Crippen LogP contribution is 2.20. The Morgan fingerprint density at radius 2 is 2.30 bits per heavy atom. The van der Waals surface area contributed by atoms with Crippen molar-refractivity contribution in [3.63, 3.8) is 0 Å². The fourth-order valence-electron chi connectivity index (χ4n) is 1.64. The number of anilines is 1. The predicted octanol–water partition coefficient (Wildman–Crippen LogP) is 1.65. The van der Waals surface area contributed by atoms with Crippen LogP contribution in [0.5, 0.6) is 5.75 Å². The van der Waals surface area contributed by atoms with Gasteiger partial charge in [-0.1, -0.05) is 0 Å². The summed E-state index contributed by atoms with van der Waals surface area (Å²) in [7, 11) is 0. The number of carbonyl (C=O) groups is 1. The Hall–Kier alpha value is -2.50. The number of ether oxygens (including phenoxy) is 1. The normalized spacial score (nSPS) is 11.9. The third-order valence-electron chi connectivity index (χ3n) is 2.72. The molecular formula is C14H17N3O3. The zero-order valence-electron chi connectivity index (χ0n) is 11.4. The van der Waals surface area contributed by atoms with Crippen LogP contribution >= 0.6 is 0 Å². The van der Waals surface area contributed by atoms with Crippen molar-refractivity contribution in [2.75, 3.05) is 5.73 Å². The second-order valence-corrected chi connectivity index (χ2v) is 4.39.